The molecule has 0 aliphatic rings. The van der Waals surface area contributed by atoms with E-state index in [1.165, 1.54) is 0 Å². The zero-order chi connectivity index (χ0) is 13.2. The number of nitrogens with zero attached hydrogens (tertiary/aromatic N) is 1. The molecule has 0 heterocycles. The zero-order valence-corrected chi connectivity index (χ0v) is 11.1. The number of hydrogen-bond acceptors (Lipinski definition) is 4. The molecule has 0 spiro atoms. The summed E-state index contributed by atoms with van der Waals surface area (Å²) in [4.78, 5) is 0. The molecule has 18 heavy (non-hydrogen) atoms. The molecular weight excluding hydrogens is 230 g/mol. The average Bonchev–Trinajstić information content (AvgIpc) is 2.41. The van der Waals surface area contributed by atoms with Crippen molar-refractivity contribution in [3.05, 3.63) is 29.8 Å². The lowest BCUT2D eigenvalue weighted by atomic mass is 10.1. The molecule has 0 saturated heterocycles. The molecule has 1 rings (SSSR count). The third kappa shape index (κ3) is 4.75. The van der Waals surface area contributed by atoms with Gasteiger partial charge in [-0.1, -0.05) is 12.1 Å². The number of oxime groups is 1. The van der Waals surface area contributed by atoms with Gasteiger partial charge in [-0.3, -0.25) is 0 Å². The van der Waals surface area contributed by atoms with Crippen LogP contribution < -0.4 is 4.74 Å². The van der Waals surface area contributed by atoms with Crippen LogP contribution in [0.25, 0.3) is 0 Å². The maximum Gasteiger partial charge on any atom is 0.119 e. The van der Waals surface area contributed by atoms with Crippen LogP contribution in [-0.2, 0) is 4.74 Å². The van der Waals surface area contributed by atoms with Gasteiger partial charge in [0.1, 0.15) is 5.75 Å². The summed E-state index contributed by atoms with van der Waals surface area (Å²) in [7, 11) is 0. The van der Waals surface area contributed by atoms with Gasteiger partial charge in [-0.2, -0.15) is 0 Å². The van der Waals surface area contributed by atoms with E-state index in [-0.39, 0.29) is 0 Å². The fourth-order valence-electron chi connectivity index (χ4n) is 1.57. The lowest BCUT2D eigenvalue weighted by Crippen LogP contribution is -2.03. The van der Waals surface area contributed by atoms with Crippen LogP contribution in [-0.4, -0.2) is 30.7 Å². The van der Waals surface area contributed by atoms with Gasteiger partial charge in [0.05, 0.1) is 12.3 Å². The van der Waals surface area contributed by atoms with E-state index in [1.807, 2.05) is 38.1 Å². The first-order valence-corrected chi connectivity index (χ1v) is 6.33. The van der Waals surface area contributed by atoms with Crippen molar-refractivity contribution in [2.24, 2.45) is 5.16 Å². The van der Waals surface area contributed by atoms with Crippen LogP contribution in [0.15, 0.2) is 29.4 Å². The van der Waals surface area contributed by atoms with Crippen LogP contribution in [0, 0.1) is 0 Å². The van der Waals surface area contributed by atoms with Crippen LogP contribution in [0.4, 0.5) is 0 Å². The molecule has 100 valence electrons. The van der Waals surface area contributed by atoms with Gasteiger partial charge in [0, 0.05) is 19.6 Å². The molecule has 0 aliphatic carbocycles. The van der Waals surface area contributed by atoms with Crippen LogP contribution in [0.3, 0.4) is 0 Å². The maximum atomic E-state index is 8.82. The second-order valence-corrected chi connectivity index (χ2v) is 3.82. The van der Waals surface area contributed by atoms with Gasteiger partial charge in [0.25, 0.3) is 0 Å². The summed E-state index contributed by atoms with van der Waals surface area (Å²) in [5.74, 6) is 0.823. The molecule has 0 fully saturated rings. The Hall–Kier alpha value is -1.55. The van der Waals surface area contributed by atoms with E-state index in [2.05, 4.69) is 5.16 Å². The van der Waals surface area contributed by atoms with Crippen LogP contribution in [0.1, 0.15) is 32.3 Å². The van der Waals surface area contributed by atoms with E-state index in [0.717, 1.165) is 30.9 Å². The highest BCUT2D eigenvalue weighted by molar-refractivity contribution is 6.00. The van der Waals surface area contributed by atoms with Crippen molar-refractivity contribution >= 4 is 5.71 Å². The largest absolute Gasteiger partial charge is 0.494 e. The molecule has 0 unspecified atom stereocenters. The first-order valence-electron chi connectivity index (χ1n) is 6.33. The topological polar surface area (TPSA) is 51.0 Å². The first kappa shape index (κ1) is 14.5. The van der Waals surface area contributed by atoms with Gasteiger partial charge in [-0.25, -0.2) is 0 Å². The number of benzene rings is 1. The fourth-order valence-corrected chi connectivity index (χ4v) is 1.57. The molecule has 1 aromatic carbocycles. The maximum absolute atomic E-state index is 8.82. The Bertz CT molecular complexity index is 360. The lowest BCUT2D eigenvalue weighted by molar-refractivity contribution is 0.131. The summed E-state index contributed by atoms with van der Waals surface area (Å²) >= 11 is 0. The van der Waals surface area contributed by atoms with E-state index in [4.69, 9.17) is 14.7 Å². The Kier molecular flexibility index (Phi) is 6.87. The highest BCUT2D eigenvalue weighted by Gasteiger charge is 2.02. The van der Waals surface area contributed by atoms with E-state index >= 15 is 0 Å². The van der Waals surface area contributed by atoms with Gasteiger partial charge in [0.2, 0.25) is 0 Å². The second-order valence-electron chi connectivity index (χ2n) is 3.82. The Balaban J connectivity index is 2.41. The van der Waals surface area contributed by atoms with Crippen LogP contribution in [0.5, 0.6) is 5.75 Å². The summed E-state index contributed by atoms with van der Waals surface area (Å²) in [6, 6.07) is 7.57. The molecule has 0 atom stereocenters. The summed E-state index contributed by atoms with van der Waals surface area (Å²) in [5.41, 5.74) is 1.60. The van der Waals surface area contributed by atoms with Crippen molar-refractivity contribution < 1.29 is 14.7 Å². The normalized spacial score (nSPS) is 11.6. The molecule has 0 radical (unpaired) electrons. The van der Waals surface area contributed by atoms with Crippen molar-refractivity contribution in [1.29, 1.82) is 0 Å². The predicted octanol–water partition coefficient (Wildman–Crippen LogP) is 3.08. The third-order valence-corrected chi connectivity index (χ3v) is 2.55. The standard InChI is InChI=1S/C14H21NO3/c1-3-14(15-16)12-6-8-13(9-7-12)18-11-5-10-17-4-2/h6-9,16H,3-5,10-11H2,1-2H3. The lowest BCUT2D eigenvalue weighted by Gasteiger charge is -2.07. The Labute approximate surface area is 108 Å². The zero-order valence-electron chi connectivity index (χ0n) is 11.1. The molecule has 0 aromatic heterocycles. The van der Waals surface area contributed by atoms with Gasteiger partial charge in [-0.05, 0) is 43.2 Å². The smallest absolute Gasteiger partial charge is 0.119 e. The minimum atomic E-state index is 0.647. The van der Waals surface area contributed by atoms with Crippen molar-refractivity contribution in [2.75, 3.05) is 19.8 Å². The molecule has 1 aromatic rings. The Morgan fingerprint density at radius 2 is 1.89 bits per heavy atom. The van der Waals surface area contributed by atoms with E-state index in [9.17, 15) is 0 Å². The number of rotatable bonds is 8. The van der Waals surface area contributed by atoms with Gasteiger partial charge < -0.3 is 14.7 Å². The minimum absolute atomic E-state index is 0.647. The average molecular weight is 251 g/mol. The predicted molar refractivity (Wildman–Crippen MR) is 71.7 cm³/mol. The first-order chi connectivity index (χ1) is 8.81. The summed E-state index contributed by atoms with van der Waals surface area (Å²) in [5, 5.41) is 12.1. The molecular formula is C14H21NO3. The molecule has 0 saturated carbocycles. The molecule has 4 heteroatoms. The number of hydrogen-bond donors (Lipinski definition) is 1. The second kappa shape index (κ2) is 8.53. The summed E-state index contributed by atoms with van der Waals surface area (Å²) < 4.78 is 10.8. The van der Waals surface area contributed by atoms with Crippen molar-refractivity contribution in [1.82, 2.24) is 0 Å². The van der Waals surface area contributed by atoms with Gasteiger partial charge in [-0.15, -0.1) is 0 Å². The van der Waals surface area contributed by atoms with Crippen molar-refractivity contribution in [3.8, 4) is 5.75 Å². The molecule has 1 N–H and O–H groups in total. The highest BCUT2D eigenvalue weighted by Crippen LogP contribution is 2.14. The highest BCUT2D eigenvalue weighted by atomic mass is 16.5. The summed E-state index contributed by atoms with van der Waals surface area (Å²) in [6.45, 7) is 6.05. The van der Waals surface area contributed by atoms with Crippen LogP contribution in [0.2, 0.25) is 0 Å². The van der Waals surface area contributed by atoms with Gasteiger partial charge >= 0.3 is 0 Å². The Morgan fingerprint density at radius 3 is 2.44 bits per heavy atom. The third-order valence-electron chi connectivity index (χ3n) is 2.55. The Morgan fingerprint density at radius 1 is 1.17 bits per heavy atom. The molecule has 0 bridgehead atoms. The fraction of sp³-hybridized carbons (Fsp3) is 0.500. The monoisotopic (exact) mass is 251 g/mol. The van der Waals surface area contributed by atoms with Gasteiger partial charge in [0.15, 0.2) is 0 Å². The van der Waals surface area contributed by atoms with Crippen molar-refractivity contribution in [3.63, 3.8) is 0 Å². The van der Waals surface area contributed by atoms with Crippen LogP contribution >= 0.6 is 0 Å². The minimum Gasteiger partial charge on any atom is -0.494 e. The van der Waals surface area contributed by atoms with E-state index < -0.39 is 0 Å². The van der Waals surface area contributed by atoms with E-state index in [0.29, 0.717) is 18.7 Å². The molecule has 4 nitrogen and oxygen atoms in total. The summed E-state index contributed by atoms with van der Waals surface area (Å²) in [6.07, 6.45) is 1.58. The molecule has 0 aliphatic heterocycles. The SMILES string of the molecule is CCOCCCOc1ccc(C(CC)=NO)cc1. The quantitative estimate of drug-likeness (QED) is 0.334. The van der Waals surface area contributed by atoms with Crippen molar-refractivity contribution in [2.45, 2.75) is 26.7 Å². The van der Waals surface area contributed by atoms with E-state index in [1.54, 1.807) is 0 Å². The number of ether oxygens (including phenoxy) is 2. The molecule has 0 amide bonds.